The highest BCUT2D eigenvalue weighted by Gasteiger charge is 2.25. The molecule has 5 nitrogen and oxygen atoms in total. The van der Waals surface area contributed by atoms with Crippen molar-refractivity contribution in [3.63, 3.8) is 0 Å². The van der Waals surface area contributed by atoms with E-state index in [1.54, 1.807) is 12.1 Å². The molecule has 1 unspecified atom stereocenters. The van der Waals surface area contributed by atoms with E-state index in [0.717, 1.165) is 37.9 Å². The summed E-state index contributed by atoms with van der Waals surface area (Å²) in [5.41, 5.74) is 1.06. The monoisotopic (exact) mass is 312 g/mol. The van der Waals surface area contributed by atoms with Crippen LogP contribution < -0.4 is 4.90 Å². The third kappa shape index (κ3) is 3.56. The number of nitrogens with zero attached hydrogens (tertiary/aromatic N) is 2. The maximum atomic E-state index is 12.1. The lowest BCUT2D eigenvalue weighted by Gasteiger charge is -2.27. The number of hydrogen-bond acceptors (Lipinski definition) is 4. The van der Waals surface area contributed by atoms with E-state index < -0.39 is 10.0 Å². The number of rotatable bonds is 6. The zero-order chi connectivity index (χ0) is 15.5. The van der Waals surface area contributed by atoms with E-state index in [0.29, 0.717) is 10.9 Å². The number of aliphatic hydroxyl groups excluding tert-OH is 1. The highest BCUT2D eigenvalue weighted by Crippen LogP contribution is 2.29. The van der Waals surface area contributed by atoms with Gasteiger partial charge in [0.05, 0.1) is 4.90 Å². The molecule has 1 N–H and O–H groups in total. The lowest BCUT2D eigenvalue weighted by Crippen LogP contribution is -2.29. The average Bonchev–Trinajstić information content (AvgIpc) is 2.93. The normalized spacial score (nSPS) is 19.4. The van der Waals surface area contributed by atoms with Gasteiger partial charge in [-0.1, -0.05) is 0 Å². The van der Waals surface area contributed by atoms with Gasteiger partial charge in [0.15, 0.2) is 0 Å². The molecule has 0 bridgehead atoms. The first kappa shape index (κ1) is 16.3. The van der Waals surface area contributed by atoms with Crippen LogP contribution in [0, 0.1) is 0 Å². The molecular weight excluding hydrogens is 288 g/mol. The minimum absolute atomic E-state index is 0.227. The molecule has 1 aliphatic heterocycles. The summed E-state index contributed by atoms with van der Waals surface area (Å²) in [5, 5.41) is 8.97. The summed E-state index contributed by atoms with van der Waals surface area (Å²) in [6.45, 7) is 1.22. The van der Waals surface area contributed by atoms with E-state index in [-0.39, 0.29) is 6.61 Å². The van der Waals surface area contributed by atoms with Crippen molar-refractivity contribution in [3.05, 3.63) is 24.3 Å². The first-order valence-corrected chi connectivity index (χ1v) is 8.81. The van der Waals surface area contributed by atoms with Crippen LogP contribution in [0.25, 0.3) is 0 Å². The Balaban J connectivity index is 2.15. The van der Waals surface area contributed by atoms with Crippen LogP contribution >= 0.6 is 0 Å². The van der Waals surface area contributed by atoms with E-state index in [1.807, 2.05) is 12.1 Å². The van der Waals surface area contributed by atoms with Gasteiger partial charge in [-0.2, -0.15) is 0 Å². The SMILES string of the molecule is CN(C)S(=O)(=O)c1ccc(N2CCCC2CCCO)cc1. The molecule has 1 heterocycles. The molecule has 1 aliphatic rings. The molecule has 1 aromatic carbocycles. The predicted molar refractivity (Wildman–Crippen MR) is 84.0 cm³/mol. The van der Waals surface area contributed by atoms with Crippen LogP contribution in [-0.2, 0) is 10.0 Å². The second-order valence-corrected chi connectivity index (χ2v) is 7.79. The molecular formula is C15H24N2O3S. The van der Waals surface area contributed by atoms with E-state index in [9.17, 15) is 8.42 Å². The molecule has 0 saturated carbocycles. The molecule has 0 radical (unpaired) electrons. The van der Waals surface area contributed by atoms with Crippen molar-refractivity contribution in [1.82, 2.24) is 4.31 Å². The fraction of sp³-hybridized carbons (Fsp3) is 0.600. The van der Waals surface area contributed by atoms with Crippen molar-refractivity contribution < 1.29 is 13.5 Å². The van der Waals surface area contributed by atoms with Gasteiger partial charge in [0.1, 0.15) is 0 Å². The Morgan fingerprint density at radius 1 is 1.29 bits per heavy atom. The largest absolute Gasteiger partial charge is 0.396 e. The highest BCUT2D eigenvalue weighted by atomic mass is 32.2. The van der Waals surface area contributed by atoms with Gasteiger partial charge in [-0.05, 0) is 49.9 Å². The molecule has 6 heteroatoms. The fourth-order valence-corrected chi connectivity index (χ4v) is 3.72. The molecule has 0 amide bonds. The first-order valence-electron chi connectivity index (χ1n) is 7.37. The van der Waals surface area contributed by atoms with Gasteiger partial charge in [-0.3, -0.25) is 0 Å². The number of aliphatic hydroxyl groups is 1. The van der Waals surface area contributed by atoms with Gasteiger partial charge in [-0.25, -0.2) is 12.7 Å². The molecule has 0 aliphatic carbocycles. The van der Waals surface area contributed by atoms with Crippen LogP contribution in [0.15, 0.2) is 29.2 Å². The summed E-state index contributed by atoms with van der Waals surface area (Å²) in [4.78, 5) is 2.64. The first-order chi connectivity index (χ1) is 9.96. The third-order valence-electron chi connectivity index (χ3n) is 4.02. The molecule has 1 aromatic rings. The number of hydrogen-bond donors (Lipinski definition) is 1. The van der Waals surface area contributed by atoms with Crippen LogP contribution in [0.4, 0.5) is 5.69 Å². The van der Waals surface area contributed by atoms with E-state index in [2.05, 4.69) is 4.90 Å². The van der Waals surface area contributed by atoms with Crippen molar-refractivity contribution >= 4 is 15.7 Å². The van der Waals surface area contributed by atoms with Gasteiger partial charge in [0, 0.05) is 39.0 Å². The Morgan fingerprint density at radius 3 is 2.52 bits per heavy atom. The lowest BCUT2D eigenvalue weighted by atomic mass is 10.1. The van der Waals surface area contributed by atoms with Crippen LogP contribution in [-0.4, -0.2) is 51.1 Å². The zero-order valence-corrected chi connectivity index (χ0v) is 13.5. The summed E-state index contributed by atoms with van der Waals surface area (Å²) in [5.74, 6) is 0. The Hall–Kier alpha value is -1.11. The molecule has 118 valence electrons. The summed E-state index contributed by atoms with van der Waals surface area (Å²) < 4.78 is 25.3. The Bertz CT molecular complexity index is 555. The topological polar surface area (TPSA) is 60.9 Å². The van der Waals surface area contributed by atoms with Gasteiger partial charge in [-0.15, -0.1) is 0 Å². The average molecular weight is 312 g/mol. The quantitative estimate of drug-likeness (QED) is 0.868. The van der Waals surface area contributed by atoms with Crippen LogP contribution in [0.3, 0.4) is 0 Å². The van der Waals surface area contributed by atoms with Crippen molar-refractivity contribution in [3.8, 4) is 0 Å². The minimum Gasteiger partial charge on any atom is -0.396 e. The minimum atomic E-state index is -3.36. The Morgan fingerprint density at radius 2 is 1.95 bits per heavy atom. The molecule has 0 aromatic heterocycles. The summed E-state index contributed by atoms with van der Waals surface area (Å²) >= 11 is 0. The molecule has 21 heavy (non-hydrogen) atoms. The third-order valence-corrected chi connectivity index (χ3v) is 5.85. The van der Waals surface area contributed by atoms with Crippen molar-refractivity contribution in [2.45, 2.75) is 36.6 Å². The molecule has 1 saturated heterocycles. The smallest absolute Gasteiger partial charge is 0.242 e. The maximum Gasteiger partial charge on any atom is 0.242 e. The molecule has 2 rings (SSSR count). The van der Waals surface area contributed by atoms with Gasteiger partial charge in [0.25, 0.3) is 0 Å². The van der Waals surface area contributed by atoms with Crippen molar-refractivity contribution in [1.29, 1.82) is 0 Å². The number of sulfonamides is 1. The Kier molecular flexibility index (Phi) is 5.24. The maximum absolute atomic E-state index is 12.1. The van der Waals surface area contributed by atoms with Crippen LogP contribution in [0.2, 0.25) is 0 Å². The fourth-order valence-electron chi connectivity index (χ4n) is 2.82. The zero-order valence-electron chi connectivity index (χ0n) is 12.7. The van der Waals surface area contributed by atoms with Gasteiger partial charge >= 0.3 is 0 Å². The standard InChI is InChI=1S/C15H24N2O3S/c1-16(2)21(19,20)15-9-7-14(8-10-15)17-11-3-5-13(17)6-4-12-18/h7-10,13,18H,3-6,11-12H2,1-2H3. The van der Waals surface area contributed by atoms with E-state index in [1.165, 1.54) is 18.4 Å². The van der Waals surface area contributed by atoms with Crippen LogP contribution in [0.5, 0.6) is 0 Å². The molecule has 0 spiro atoms. The van der Waals surface area contributed by atoms with E-state index in [4.69, 9.17) is 5.11 Å². The summed E-state index contributed by atoms with van der Waals surface area (Å²) in [6.07, 6.45) is 4.08. The lowest BCUT2D eigenvalue weighted by molar-refractivity contribution is 0.279. The predicted octanol–water partition coefficient (Wildman–Crippen LogP) is 1.68. The summed E-state index contributed by atoms with van der Waals surface area (Å²) in [7, 11) is -0.290. The van der Waals surface area contributed by atoms with Crippen molar-refractivity contribution in [2.75, 3.05) is 32.1 Å². The van der Waals surface area contributed by atoms with Gasteiger partial charge < -0.3 is 10.0 Å². The van der Waals surface area contributed by atoms with E-state index >= 15 is 0 Å². The number of benzene rings is 1. The summed E-state index contributed by atoms with van der Waals surface area (Å²) in [6, 6.07) is 7.56. The molecule has 1 fully saturated rings. The number of anilines is 1. The highest BCUT2D eigenvalue weighted by molar-refractivity contribution is 7.89. The van der Waals surface area contributed by atoms with Crippen molar-refractivity contribution in [2.24, 2.45) is 0 Å². The Labute approximate surface area is 127 Å². The second kappa shape index (κ2) is 6.77. The molecule has 1 atom stereocenters. The van der Waals surface area contributed by atoms with Gasteiger partial charge in [0.2, 0.25) is 10.0 Å². The van der Waals surface area contributed by atoms with Crippen LogP contribution in [0.1, 0.15) is 25.7 Å². The second-order valence-electron chi connectivity index (χ2n) is 5.64.